The van der Waals surface area contributed by atoms with Crippen molar-refractivity contribution < 1.29 is 19.1 Å². The largest absolute Gasteiger partial charge is 0.462 e. The molecule has 0 atom stereocenters. The Morgan fingerprint density at radius 3 is 2.50 bits per heavy atom. The van der Waals surface area contributed by atoms with Gasteiger partial charge in [0.15, 0.2) is 0 Å². The minimum Gasteiger partial charge on any atom is -0.462 e. The van der Waals surface area contributed by atoms with Gasteiger partial charge in [0.1, 0.15) is 5.60 Å². The lowest BCUT2D eigenvalue weighted by Gasteiger charge is -2.34. The molecule has 0 aromatic heterocycles. The van der Waals surface area contributed by atoms with Gasteiger partial charge in [-0.3, -0.25) is 0 Å². The maximum atomic E-state index is 12.0. The fourth-order valence-corrected chi connectivity index (χ4v) is 3.03. The first-order valence-electron chi connectivity index (χ1n) is 8.90. The summed E-state index contributed by atoms with van der Waals surface area (Å²) in [5.74, 6) is -0.416. The predicted molar refractivity (Wildman–Crippen MR) is 102 cm³/mol. The highest BCUT2D eigenvalue weighted by atomic mass is 35.5. The van der Waals surface area contributed by atoms with Crippen molar-refractivity contribution in [2.24, 2.45) is 0 Å². The molecule has 0 unspecified atom stereocenters. The number of nitrogens with one attached hydrogen (secondary N) is 1. The Morgan fingerprint density at radius 2 is 1.92 bits per heavy atom. The second-order valence-corrected chi connectivity index (χ2v) is 7.70. The van der Waals surface area contributed by atoms with E-state index >= 15 is 0 Å². The van der Waals surface area contributed by atoms with Gasteiger partial charge < -0.3 is 19.7 Å². The molecule has 0 saturated carbocycles. The number of hydrogen-bond donors (Lipinski definition) is 1. The molecule has 1 aromatic rings. The van der Waals surface area contributed by atoms with Crippen LogP contribution in [0.1, 0.15) is 50.9 Å². The summed E-state index contributed by atoms with van der Waals surface area (Å²) in [6.07, 6.45) is 1.22. The van der Waals surface area contributed by atoms with Crippen molar-refractivity contribution in [3.05, 3.63) is 28.8 Å². The van der Waals surface area contributed by atoms with E-state index in [1.165, 1.54) is 0 Å². The van der Waals surface area contributed by atoms with E-state index in [1.54, 1.807) is 19.1 Å². The SMILES string of the molecule is CCOC(=O)c1cc(N2CCC(NC(=O)OC(C)(C)C)CC2)ccc1Cl. The van der Waals surface area contributed by atoms with Crippen LogP contribution in [0.3, 0.4) is 0 Å². The Kier molecular flexibility index (Phi) is 6.75. The maximum Gasteiger partial charge on any atom is 0.407 e. The zero-order valence-electron chi connectivity index (χ0n) is 15.8. The minimum atomic E-state index is -0.502. The molecule has 1 aromatic carbocycles. The number of piperidine rings is 1. The van der Waals surface area contributed by atoms with E-state index in [-0.39, 0.29) is 12.1 Å². The topological polar surface area (TPSA) is 67.9 Å². The van der Waals surface area contributed by atoms with Crippen molar-refractivity contribution in [2.45, 2.75) is 52.2 Å². The molecule has 0 aliphatic carbocycles. The molecule has 1 heterocycles. The van der Waals surface area contributed by atoms with Crippen LogP contribution in [0, 0.1) is 0 Å². The number of amides is 1. The van der Waals surface area contributed by atoms with Gasteiger partial charge in [0, 0.05) is 24.8 Å². The Hall–Kier alpha value is -1.95. The summed E-state index contributed by atoms with van der Waals surface area (Å²) in [5.41, 5.74) is 0.797. The predicted octanol–water partition coefficient (Wildman–Crippen LogP) is 4.01. The Balaban J connectivity index is 1.94. The summed E-state index contributed by atoms with van der Waals surface area (Å²) < 4.78 is 10.3. The van der Waals surface area contributed by atoms with Crippen molar-refractivity contribution in [1.29, 1.82) is 0 Å². The summed E-state index contributed by atoms with van der Waals surface area (Å²) in [6.45, 7) is 9.14. The van der Waals surface area contributed by atoms with Gasteiger partial charge >= 0.3 is 12.1 Å². The number of rotatable bonds is 4. The molecule has 1 aliphatic rings. The molecule has 26 heavy (non-hydrogen) atoms. The van der Waals surface area contributed by atoms with Gasteiger partial charge in [0.2, 0.25) is 0 Å². The second-order valence-electron chi connectivity index (χ2n) is 7.29. The van der Waals surface area contributed by atoms with E-state index in [0.717, 1.165) is 31.6 Å². The third-order valence-corrected chi connectivity index (χ3v) is 4.36. The first-order chi connectivity index (χ1) is 12.2. The van der Waals surface area contributed by atoms with Crippen LogP contribution in [-0.4, -0.2) is 43.4 Å². The van der Waals surface area contributed by atoms with Crippen molar-refractivity contribution in [3.63, 3.8) is 0 Å². The number of benzene rings is 1. The molecule has 1 amide bonds. The third kappa shape index (κ3) is 5.80. The molecule has 1 saturated heterocycles. The zero-order chi connectivity index (χ0) is 19.3. The number of alkyl carbamates (subject to hydrolysis) is 1. The van der Waals surface area contributed by atoms with Crippen LogP contribution in [0.25, 0.3) is 0 Å². The molecule has 0 spiro atoms. The van der Waals surface area contributed by atoms with Crippen LogP contribution in [0.2, 0.25) is 5.02 Å². The summed E-state index contributed by atoms with van der Waals surface area (Å²) >= 11 is 6.12. The number of anilines is 1. The van der Waals surface area contributed by atoms with Crippen molar-refractivity contribution in [1.82, 2.24) is 5.32 Å². The van der Waals surface area contributed by atoms with Crippen LogP contribution < -0.4 is 10.2 Å². The monoisotopic (exact) mass is 382 g/mol. The summed E-state index contributed by atoms with van der Waals surface area (Å²) in [7, 11) is 0. The third-order valence-electron chi connectivity index (χ3n) is 4.03. The molecule has 1 N–H and O–H groups in total. The molecular weight excluding hydrogens is 356 g/mol. The fraction of sp³-hybridized carbons (Fsp3) is 0.579. The Labute approximate surface area is 159 Å². The van der Waals surface area contributed by atoms with Crippen molar-refractivity contribution >= 4 is 29.4 Å². The average molecular weight is 383 g/mol. The van der Waals surface area contributed by atoms with Crippen LogP contribution in [0.5, 0.6) is 0 Å². The molecule has 144 valence electrons. The average Bonchev–Trinajstić information content (AvgIpc) is 2.54. The molecule has 0 radical (unpaired) electrons. The van der Waals surface area contributed by atoms with Crippen LogP contribution in [0.4, 0.5) is 10.5 Å². The van der Waals surface area contributed by atoms with Gasteiger partial charge in [0.25, 0.3) is 0 Å². The van der Waals surface area contributed by atoms with Gasteiger partial charge in [0.05, 0.1) is 17.2 Å². The molecule has 2 rings (SSSR count). The molecule has 0 bridgehead atoms. The lowest BCUT2D eigenvalue weighted by molar-refractivity contribution is 0.0493. The number of ether oxygens (including phenoxy) is 2. The van der Waals surface area contributed by atoms with E-state index in [0.29, 0.717) is 17.2 Å². The standard InChI is InChI=1S/C19H27ClN2O4/c1-5-25-17(23)15-12-14(6-7-16(15)20)22-10-8-13(9-11-22)21-18(24)26-19(2,3)4/h6-7,12-13H,5,8-11H2,1-4H3,(H,21,24). The van der Waals surface area contributed by atoms with Gasteiger partial charge in [-0.05, 0) is 58.7 Å². The van der Waals surface area contributed by atoms with E-state index in [9.17, 15) is 9.59 Å². The van der Waals surface area contributed by atoms with E-state index < -0.39 is 11.6 Å². The Bertz CT molecular complexity index is 649. The first kappa shape index (κ1) is 20.4. The number of nitrogens with zero attached hydrogens (tertiary/aromatic N) is 1. The van der Waals surface area contributed by atoms with Gasteiger partial charge in [-0.25, -0.2) is 9.59 Å². The molecule has 1 aliphatic heterocycles. The highest BCUT2D eigenvalue weighted by molar-refractivity contribution is 6.33. The molecule has 6 nitrogen and oxygen atoms in total. The minimum absolute atomic E-state index is 0.0814. The van der Waals surface area contributed by atoms with E-state index in [2.05, 4.69) is 10.2 Å². The van der Waals surface area contributed by atoms with Crippen LogP contribution in [0.15, 0.2) is 18.2 Å². The summed E-state index contributed by atoms with van der Waals surface area (Å²) in [5, 5.41) is 3.30. The van der Waals surface area contributed by atoms with Gasteiger partial charge in [-0.15, -0.1) is 0 Å². The quantitative estimate of drug-likeness (QED) is 0.797. The molecular formula is C19H27ClN2O4. The van der Waals surface area contributed by atoms with Gasteiger partial charge in [-0.2, -0.15) is 0 Å². The maximum absolute atomic E-state index is 12.0. The zero-order valence-corrected chi connectivity index (χ0v) is 16.6. The fourth-order valence-electron chi connectivity index (χ4n) is 2.83. The molecule has 1 fully saturated rings. The van der Waals surface area contributed by atoms with E-state index in [1.807, 2.05) is 26.8 Å². The summed E-state index contributed by atoms with van der Waals surface area (Å²) in [4.78, 5) is 26.1. The number of halogens is 1. The van der Waals surface area contributed by atoms with Crippen molar-refractivity contribution in [2.75, 3.05) is 24.6 Å². The molecule has 7 heteroatoms. The first-order valence-corrected chi connectivity index (χ1v) is 9.28. The smallest absolute Gasteiger partial charge is 0.407 e. The number of esters is 1. The number of carbonyl (C=O) groups excluding carboxylic acids is 2. The lowest BCUT2D eigenvalue weighted by Crippen LogP contribution is -2.46. The second kappa shape index (κ2) is 8.62. The highest BCUT2D eigenvalue weighted by Crippen LogP contribution is 2.26. The number of carbonyl (C=O) groups is 2. The van der Waals surface area contributed by atoms with Gasteiger partial charge in [-0.1, -0.05) is 11.6 Å². The van der Waals surface area contributed by atoms with Crippen molar-refractivity contribution in [3.8, 4) is 0 Å². The van der Waals surface area contributed by atoms with Crippen LogP contribution in [-0.2, 0) is 9.47 Å². The van der Waals surface area contributed by atoms with E-state index in [4.69, 9.17) is 21.1 Å². The number of hydrogen-bond acceptors (Lipinski definition) is 5. The Morgan fingerprint density at radius 1 is 1.27 bits per heavy atom. The van der Waals surface area contributed by atoms with Crippen LogP contribution >= 0.6 is 11.6 Å². The lowest BCUT2D eigenvalue weighted by atomic mass is 10.0. The summed E-state index contributed by atoms with van der Waals surface area (Å²) in [6, 6.07) is 5.46. The normalized spacial score (nSPS) is 15.5. The highest BCUT2D eigenvalue weighted by Gasteiger charge is 2.24.